The molecule has 316 valence electrons. The molecule has 2 N–H and O–H groups in total. The molecule has 0 radical (unpaired) electrons. The van der Waals surface area contributed by atoms with Crippen molar-refractivity contribution < 1.29 is 36.4 Å². The van der Waals surface area contributed by atoms with Gasteiger partial charge in [-0.05, 0) is 96.5 Å². The number of phenolic OH excluding ortho intramolecular Hbond substituents is 2. The van der Waals surface area contributed by atoms with Gasteiger partial charge in [-0.2, -0.15) is 0 Å². The van der Waals surface area contributed by atoms with Gasteiger partial charge in [-0.3, -0.25) is 0 Å². The Morgan fingerprint density at radius 2 is 0.794 bits per heavy atom. The van der Waals surface area contributed by atoms with E-state index < -0.39 is 0 Å². The van der Waals surface area contributed by atoms with E-state index in [0.717, 1.165) is 100 Å². The van der Waals surface area contributed by atoms with Crippen molar-refractivity contribution in [3.8, 4) is 67.9 Å². The Hall–Kier alpha value is -5.97. The zero-order valence-corrected chi connectivity index (χ0v) is 40.6. The van der Waals surface area contributed by atoms with E-state index in [1.165, 1.54) is 0 Å². The molecule has 6 heteroatoms. The van der Waals surface area contributed by atoms with E-state index in [2.05, 4.69) is 204 Å². The second-order valence-electron chi connectivity index (χ2n) is 18.1. The van der Waals surface area contributed by atoms with Crippen LogP contribution in [0.3, 0.4) is 0 Å². The summed E-state index contributed by atoms with van der Waals surface area (Å²) < 4.78 is 4.54. The SMILES string of the molecule is Cc1cc(-c2c(-c3cccc(-c4c(-c5cc(C)cc(C(C)(C)C)c5O)n(-c5ccccc5)c5ccccc45)n3)c3ccccc3n2-c2ccccc2)c(O)c(C(C)(C)C)c1.[CH3-].[CH3-].[Zr+2]. The van der Waals surface area contributed by atoms with Gasteiger partial charge in [-0.15, -0.1) is 0 Å². The largest absolute Gasteiger partial charge is 2.00 e. The summed E-state index contributed by atoms with van der Waals surface area (Å²) >= 11 is 0. The van der Waals surface area contributed by atoms with Gasteiger partial charge in [0.25, 0.3) is 0 Å². The molecule has 3 aromatic heterocycles. The van der Waals surface area contributed by atoms with Gasteiger partial charge in [0.05, 0.1) is 33.8 Å². The Morgan fingerprint density at radius 1 is 0.444 bits per heavy atom. The van der Waals surface area contributed by atoms with E-state index in [4.69, 9.17) is 4.98 Å². The molecule has 9 aromatic rings. The predicted molar refractivity (Wildman–Crippen MR) is 263 cm³/mol. The Morgan fingerprint density at radius 3 is 1.16 bits per heavy atom. The van der Waals surface area contributed by atoms with E-state index in [1.54, 1.807) is 0 Å². The predicted octanol–water partition coefficient (Wildman–Crippen LogP) is 15.2. The van der Waals surface area contributed by atoms with Gasteiger partial charge in [0, 0.05) is 55.5 Å². The molecule has 0 unspecified atom stereocenters. The van der Waals surface area contributed by atoms with Crippen LogP contribution >= 0.6 is 0 Å². The van der Waals surface area contributed by atoms with Crippen LogP contribution in [-0.2, 0) is 37.0 Å². The zero-order chi connectivity index (χ0) is 42.1. The Balaban J connectivity index is 0.00000220. The summed E-state index contributed by atoms with van der Waals surface area (Å²) in [7, 11) is 0. The van der Waals surface area contributed by atoms with Gasteiger partial charge < -0.3 is 34.2 Å². The molecule has 0 saturated heterocycles. The summed E-state index contributed by atoms with van der Waals surface area (Å²) in [6.07, 6.45) is 0. The average Bonchev–Trinajstić information content (AvgIpc) is 3.76. The van der Waals surface area contributed by atoms with E-state index >= 15 is 0 Å². The number of hydrogen-bond acceptors (Lipinski definition) is 3. The number of aromatic hydroxyl groups is 2. The number of aromatic nitrogens is 3. The van der Waals surface area contributed by atoms with Crippen LogP contribution in [0.25, 0.3) is 78.2 Å². The van der Waals surface area contributed by atoms with Crippen molar-refractivity contribution >= 4 is 21.8 Å². The minimum absolute atomic E-state index is 0. The fourth-order valence-corrected chi connectivity index (χ4v) is 8.97. The summed E-state index contributed by atoms with van der Waals surface area (Å²) in [6.45, 7) is 17.1. The van der Waals surface area contributed by atoms with E-state index in [-0.39, 0.29) is 63.4 Å². The summed E-state index contributed by atoms with van der Waals surface area (Å²) in [5, 5.41) is 26.8. The summed E-state index contributed by atoms with van der Waals surface area (Å²) in [4.78, 5) is 5.66. The van der Waals surface area contributed by atoms with Crippen molar-refractivity contribution in [1.29, 1.82) is 0 Å². The van der Waals surface area contributed by atoms with Gasteiger partial charge >= 0.3 is 26.2 Å². The van der Waals surface area contributed by atoms with Crippen LogP contribution in [0, 0.1) is 28.7 Å². The zero-order valence-electron chi connectivity index (χ0n) is 38.2. The van der Waals surface area contributed by atoms with Crippen LogP contribution in [0.5, 0.6) is 11.5 Å². The van der Waals surface area contributed by atoms with Crippen LogP contribution < -0.4 is 0 Å². The number of pyridine rings is 1. The van der Waals surface area contributed by atoms with Crippen molar-refractivity contribution in [2.45, 2.75) is 66.2 Å². The second-order valence-corrected chi connectivity index (χ2v) is 18.1. The van der Waals surface area contributed by atoms with Gasteiger partial charge in [0.1, 0.15) is 11.5 Å². The van der Waals surface area contributed by atoms with E-state index in [1.807, 2.05) is 12.1 Å². The first-order valence-electron chi connectivity index (χ1n) is 20.8. The first-order valence-corrected chi connectivity index (χ1v) is 20.8. The van der Waals surface area contributed by atoms with Crippen molar-refractivity contribution in [3.63, 3.8) is 0 Å². The minimum Gasteiger partial charge on any atom is -0.507 e. The number of benzene rings is 6. The molecule has 3 heterocycles. The standard InChI is InChI=1S/C55H51N3O2.2CH3.Zr/c1-34-30-40(52(59)42(32-34)54(3,4)5)50-48(38-24-15-17-28-46(38)57(50)36-20-11-9-12-21-36)44-26-19-27-45(56-44)49-39-25-16-18-29-47(39)58(37-22-13-10-14-23-37)51(49)41-31-35(2)33-43(53(41)60)55(6,7)8;;;/h9-33,59-60H,1-8H3;2*1H3;/q;2*-1;+2. The van der Waals surface area contributed by atoms with E-state index in [0.29, 0.717) is 0 Å². The smallest absolute Gasteiger partial charge is 0.507 e. The average molecular weight is 907 g/mol. The molecular formula is C57H57N3O2Zr. The van der Waals surface area contributed by atoms with E-state index in [9.17, 15) is 10.2 Å². The maximum Gasteiger partial charge on any atom is 2.00 e. The molecule has 0 atom stereocenters. The van der Waals surface area contributed by atoms with Crippen molar-refractivity contribution in [2.75, 3.05) is 0 Å². The third kappa shape index (κ3) is 8.11. The number of fused-ring (bicyclic) bond motifs is 2. The summed E-state index contributed by atoms with van der Waals surface area (Å²) in [5.41, 5.74) is 14.0. The number of aryl methyl sites for hydroxylation is 2. The topological polar surface area (TPSA) is 63.2 Å². The normalized spacial score (nSPS) is 11.6. The Bertz CT molecular complexity index is 2880. The molecule has 5 nitrogen and oxygen atoms in total. The van der Waals surface area contributed by atoms with Crippen molar-refractivity contribution in [3.05, 3.63) is 189 Å². The fraction of sp³-hybridized carbons (Fsp3) is 0.175. The van der Waals surface area contributed by atoms with Gasteiger partial charge in [-0.1, -0.05) is 133 Å². The molecule has 0 spiro atoms. The number of nitrogens with zero attached hydrogens (tertiary/aromatic N) is 3. The third-order valence-corrected chi connectivity index (χ3v) is 11.7. The van der Waals surface area contributed by atoms with Crippen LogP contribution in [0.4, 0.5) is 0 Å². The molecule has 0 amide bonds. The molecule has 0 aliphatic rings. The first-order chi connectivity index (χ1) is 28.7. The number of para-hydroxylation sites is 4. The maximum atomic E-state index is 12.4. The molecular weight excluding hydrogens is 850 g/mol. The third-order valence-electron chi connectivity index (χ3n) is 11.7. The molecule has 0 bridgehead atoms. The van der Waals surface area contributed by atoms with Gasteiger partial charge in [-0.25, -0.2) is 4.98 Å². The summed E-state index contributed by atoms with van der Waals surface area (Å²) in [6, 6.07) is 52.3. The molecule has 0 fully saturated rings. The fourth-order valence-electron chi connectivity index (χ4n) is 8.97. The molecule has 0 aliphatic heterocycles. The molecule has 0 aliphatic carbocycles. The number of rotatable bonds is 6. The second kappa shape index (κ2) is 17.7. The Labute approximate surface area is 392 Å². The number of hydrogen-bond donors (Lipinski definition) is 2. The quantitative estimate of drug-likeness (QED) is 0.163. The number of phenols is 2. The minimum atomic E-state index is -0.301. The maximum absolute atomic E-state index is 12.4. The summed E-state index contributed by atoms with van der Waals surface area (Å²) in [5.74, 6) is 0.534. The van der Waals surface area contributed by atoms with Crippen LogP contribution in [0.1, 0.15) is 63.8 Å². The monoisotopic (exact) mass is 905 g/mol. The molecule has 0 saturated carbocycles. The van der Waals surface area contributed by atoms with Gasteiger partial charge in [0.2, 0.25) is 0 Å². The molecule has 6 aromatic carbocycles. The van der Waals surface area contributed by atoms with Crippen molar-refractivity contribution in [2.24, 2.45) is 0 Å². The van der Waals surface area contributed by atoms with Crippen LogP contribution in [0.2, 0.25) is 0 Å². The van der Waals surface area contributed by atoms with Crippen LogP contribution in [-0.4, -0.2) is 24.3 Å². The molecule has 63 heavy (non-hydrogen) atoms. The van der Waals surface area contributed by atoms with Crippen molar-refractivity contribution in [1.82, 2.24) is 14.1 Å². The molecule has 9 rings (SSSR count). The van der Waals surface area contributed by atoms with Crippen LogP contribution in [0.15, 0.2) is 152 Å². The van der Waals surface area contributed by atoms with Gasteiger partial charge in [0.15, 0.2) is 0 Å². The Kier molecular flexibility index (Phi) is 13.0. The first kappa shape index (κ1) is 46.5.